The van der Waals surface area contributed by atoms with Crippen LogP contribution in [0, 0.1) is 0 Å². The first kappa shape index (κ1) is 34.0. The van der Waals surface area contributed by atoms with E-state index in [1.807, 2.05) is 0 Å². The molecule has 0 heterocycles. The lowest BCUT2D eigenvalue weighted by molar-refractivity contribution is -0.302. The number of esters is 3. The number of rotatable bonds is 3. The van der Waals surface area contributed by atoms with Crippen molar-refractivity contribution < 1.29 is 43.6 Å². The molecule has 0 saturated heterocycles. The van der Waals surface area contributed by atoms with Crippen molar-refractivity contribution in [2.45, 2.75) is 48.5 Å². The lowest BCUT2D eigenvalue weighted by Gasteiger charge is -1.89. The van der Waals surface area contributed by atoms with Gasteiger partial charge in [-0.3, -0.25) is 14.4 Å². The lowest BCUT2D eigenvalue weighted by atomic mass is 10.8. The minimum Gasteiger partial charge on any atom is -0.550 e. The summed E-state index contributed by atoms with van der Waals surface area (Å²) in [6, 6.07) is 0. The summed E-state index contributed by atoms with van der Waals surface area (Å²) in [7, 11) is 0. The number of aliphatic hydroxyl groups excluding tert-OH is 1. The van der Waals surface area contributed by atoms with Gasteiger partial charge in [0.2, 0.25) is 0 Å². The van der Waals surface area contributed by atoms with Gasteiger partial charge in [-0.25, -0.2) is 0 Å². The van der Waals surface area contributed by atoms with E-state index in [1.165, 1.54) is 20.8 Å². The van der Waals surface area contributed by atoms with Crippen molar-refractivity contribution in [1.29, 1.82) is 0 Å². The molecular formula is C16H31O9-. The van der Waals surface area contributed by atoms with Crippen molar-refractivity contribution in [3.8, 4) is 0 Å². The summed E-state index contributed by atoms with van der Waals surface area (Å²) in [6.45, 7) is 14.7. The highest BCUT2D eigenvalue weighted by atomic mass is 16.5. The van der Waals surface area contributed by atoms with Crippen LogP contribution in [0.4, 0.5) is 0 Å². The Morgan fingerprint density at radius 3 is 1.12 bits per heavy atom. The van der Waals surface area contributed by atoms with Crippen molar-refractivity contribution in [2.24, 2.45) is 0 Å². The van der Waals surface area contributed by atoms with Gasteiger partial charge in [0.05, 0.1) is 19.5 Å². The number of aliphatic hydroxyl groups is 1. The molecule has 0 aliphatic heterocycles. The molecule has 25 heavy (non-hydrogen) atoms. The van der Waals surface area contributed by atoms with Gasteiger partial charge >= 0.3 is 17.9 Å². The first-order valence-electron chi connectivity index (χ1n) is 7.29. The second kappa shape index (κ2) is 33.2. The SMILES string of the molecule is C=COC(C)=O.CC(=O)[O-].CCO.CCOC(C)=O.CCOC(C)=O. The number of ether oxygens (including phenoxy) is 3. The van der Waals surface area contributed by atoms with E-state index in [2.05, 4.69) is 20.8 Å². The molecule has 9 nitrogen and oxygen atoms in total. The van der Waals surface area contributed by atoms with E-state index in [-0.39, 0.29) is 24.5 Å². The van der Waals surface area contributed by atoms with E-state index in [0.29, 0.717) is 13.2 Å². The van der Waals surface area contributed by atoms with Crippen LogP contribution in [0.2, 0.25) is 0 Å². The number of hydrogen-bond acceptors (Lipinski definition) is 9. The fourth-order valence-corrected chi connectivity index (χ4v) is 0.524. The summed E-state index contributed by atoms with van der Waals surface area (Å²) in [6.07, 6.45) is 1.10. The predicted octanol–water partition coefficient (Wildman–Crippen LogP) is 0.587. The Balaban J connectivity index is -0.0000000682. The van der Waals surface area contributed by atoms with Crippen molar-refractivity contribution in [3.63, 3.8) is 0 Å². The molecule has 0 saturated carbocycles. The predicted molar refractivity (Wildman–Crippen MR) is 90.0 cm³/mol. The number of carbonyl (C=O) groups is 4. The Morgan fingerprint density at radius 2 is 1.12 bits per heavy atom. The molecule has 0 fully saturated rings. The topological polar surface area (TPSA) is 139 Å². The van der Waals surface area contributed by atoms with E-state index in [0.717, 1.165) is 13.2 Å². The van der Waals surface area contributed by atoms with Crippen LogP contribution in [-0.4, -0.2) is 48.8 Å². The number of carbonyl (C=O) groups excluding carboxylic acids is 4. The van der Waals surface area contributed by atoms with Crippen LogP contribution in [0.5, 0.6) is 0 Å². The maximum absolute atomic E-state index is 9.82. The monoisotopic (exact) mass is 367 g/mol. The molecule has 0 aromatic carbocycles. The Bertz CT molecular complexity index is 318. The molecule has 0 aliphatic carbocycles. The third kappa shape index (κ3) is 191. The third-order valence-electron chi connectivity index (χ3n) is 0.944. The zero-order valence-corrected chi connectivity index (χ0v) is 16.1. The van der Waals surface area contributed by atoms with E-state index >= 15 is 0 Å². The van der Waals surface area contributed by atoms with Gasteiger partial charge in [-0.2, -0.15) is 0 Å². The van der Waals surface area contributed by atoms with Gasteiger partial charge in [-0.05, 0) is 27.7 Å². The van der Waals surface area contributed by atoms with Gasteiger partial charge in [0.15, 0.2) is 0 Å². The summed E-state index contributed by atoms with van der Waals surface area (Å²) in [5.74, 6) is -1.83. The van der Waals surface area contributed by atoms with E-state index < -0.39 is 5.97 Å². The highest BCUT2D eigenvalue weighted by Gasteiger charge is 1.82. The second-order valence-electron chi connectivity index (χ2n) is 3.43. The first-order chi connectivity index (χ1) is 11.5. The van der Waals surface area contributed by atoms with Gasteiger partial charge in [0.25, 0.3) is 0 Å². The molecule has 0 unspecified atom stereocenters. The Morgan fingerprint density at radius 1 is 0.880 bits per heavy atom. The summed E-state index contributed by atoms with van der Waals surface area (Å²) >= 11 is 0. The van der Waals surface area contributed by atoms with Crippen LogP contribution in [0.25, 0.3) is 0 Å². The van der Waals surface area contributed by atoms with Crippen LogP contribution in [-0.2, 0) is 33.4 Å². The molecule has 0 amide bonds. The zero-order chi connectivity index (χ0) is 21.3. The molecule has 0 aromatic heterocycles. The number of carboxylic acids is 1. The smallest absolute Gasteiger partial charge is 0.307 e. The fourth-order valence-electron chi connectivity index (χ4n) is 0.524. The number of carboxylic acid groups (broad SMARTS) is 1. The Labute approximate surface area is 149 Å². The molecular weight excluding hydrogens is 336 g/mol. The molecule has 0 spiro atoms. The third-order valence-corrected chi connectivity index (χ3v) is 0.944. The van der Waals surface area contributed by atoms with Crippen LogP contribution >= 0.6 is 0 Å². The Hall–Kier alpha value is -2.42. The van der Waals surface area contributed by atoms with E-state index in [1.54, 1.807) is 20.8 Å². The first-order valence-corrected chi connectivity index (χ1v) is 7.29. The average Bonchev–Trinajstić information content (AvgIpc) is 2.39. The van der Waals surface area contributed by atoms with Gasteiger partial charge in [-0.15, -0.1) is 0 Å². The lowest BCUT2D eigenvalue weighted by Crippen LogP contribution is -2.16. The van der Waals surface area contributed by atoms with E-state index in [4.69, 9.17) is 15.0 Å². The van der Waals surface area contributed by atoms with Crippen molar-refractivity contribution in [1.82, 2.24) is 0 Å². The van der Waals surface area contributed by atoms with Crippen LogP contribution in [0.1, 0.15) is 48.5 Å². The van der Waals surface area contributed by atoms with Gasteiger partial charge in [-0.1, -0.05) is 6.58 Å². The highest BCUT2D eigenvalue weighted by Crippen LogP contribution is 1.71. The molecule has 150 valence electrons. The summed E-state index contributed by atoms with van der Waals surface area (Å²) in [5, 5.41) is 16.5. The normalized spacial score (nSPS) is 7.04. The molecule has 0 aromatic rings. The largest absolute Gasteiger partial charge is 0.550 e. The van der Waals surface area contributed by atoms with Crippen LogP contribution in [0.3, 0.4) is 0 Å². The van der Waals surface area contributed by atoms with Gasteiger partial charge in [0.1, 0.15) is 0 Å². The molecule has 0 rings (SSSR count). The Kier molecular flexibility index (Phi) is 45.3. The van der Waals surface area contributed by atoms with E-state index in [9.17, 15) is 14.4 Å². The molecule has 1 N–H and O–H groups in total. The molecule has 0 bridgehead atoms. The van der Waals surface area contributed by atoms with Crippen molar-refractivity contribution in [2.75, 3.05) is 19.8 Å². The van der Waals surface area contributed by atoms with Gasteiger partial charge < -0.3 is 29.2 Å². The summed E-state index contributed by atoms with van der Waals surface area (Å²) in [5.41, 5.74) is 0. The second-order valence-corrected chi connectivity index (χ2v) is 3.43. The minimum absolute atomic E-state index is 0.211. The standard InChI is InChI=1S/2C4H8O2.C4H6O2.C2H4O2.C2H6O/c3*1-3-6-4(2)5;1-2(3)4;1-2-3/h2*3H2,1-2H3;3H,1H2,2H3;1H3,(H,3,4);3H,2H2,1H3/p-1. The molecule has 0 radical (unpaired) electrons. The maximum Gasteiger partial charge on any atom is 0.307 e. The van der Waals surface area contributed by atoms with Crippen molar-refractivity contribution in [3.05, 3.63) is 12.8 Å². The number of hydrogen-bond donors (Lipinski definition) is 1. The highest BCUT2D eigenvalue weighted by molar-refractivity contribution is 5.66. The quantitative estimate of drug-likeness (QED) is 0.431. The summed E-state index contributed by atoms with van der Waals surface area (Å²) in [4.78, 5) is 38.3. The number of aliphatic carboxylic acids is 1. The van der Waals surface area contributed by atoms with Gasteiger partial charge in [0, 0.05) is 33.3 Å². The molecule has 9 heteroatoms. The average molecular weight is 367 g/mol. The maximum atomic E-state index is 9.82. The fraction of sp³-hybridized carbons (Fsp3) is 0.625. The molecule has 0 aliphatic rings. The summed E-state index contributed by atoms with van der Waals surface area (Å²) < 4.78 is 13.0. The van der Waals surface area contributed by atoms with Crippen LogP contribution in [0.15, 0.2) is 12.8 Å². The molecule has 0 atom stereocenters. The minimum atomic E-state index is -1.08. The van der Waals surface area contributed by atoms with Crippen molar-refractivity contribution >= 4 is 23.9 Å². The zero-order valence-electron chi connectivity index (χ0n) is 16.1. The van der Waals surface area contributed by atoms with Crippen LogP contribution < -0.4 is 5.11 Å².